The lowest BCUT2D eigenvalue weighted by Crippen LogP contribution is -2.51. The van der Waals surface area contributed by atoms with Crippen LogP contribution < -0.4 is 5.73 Å². The minimum atomic E-state index is -0.372. The second-order valence-corrected chi connectivity index (χ2v) is 6.15. The number of rotatable bonds is 4. The van der Waals surface area contributed by atoms with Gasteiger partial charge in [0.05, 0.1) is 6.04 Å². The summed E-state index contributed by atoms with van der Waals surface area (Å²) in [5, 5.41) is 0. The summed E-state index contributed by atoms with van der Waals surface area (Å²) in [5.74, 6) is 0.719. The van der Waals surface area contributed by atoms with E-state index in [0.717, 1.165) is 25.8 Å². The number of nitrogens with two attached hydrogens (primary N) is 1. The molecule has 110 valence electrons. The monoisotopic (exact) mass is 274 g/mol. The molecule has 1 aromatic carbocycles. The van der Waals surface area contributed by atoms with E-state index in [0.29, 0.717) is 12.0 Å². The van der Waals surface area contributed by atoms with Crippen LogP contribution in [0.25, 0.3) is 0 Å². The number of likely N-dealkylation sites (tertiary alicyclic amines) is 1. The number of hydrogen-bond acceptors (Lipinski definition) is 2. The van der Waals surface area contributed by atoms with Crippen LogP contribution in [0.2, 0.25) is 0 Å². The molecule has 1 fully saturated rings. The molecule has 20 heavy (non-hydrogen) atoms. The number of nitrogens with zero attached hydrogens (tertiary/aromatic N) is 1. The van der Waals surface area contributed by atoms with Crippen molar-refractivity contribution in [1.82, 2.24) is 4.90 Å². The van der Waals surface area contributed by atoms with Gasteiger partial charge in [0.1, 0.15) is 0 Å². The van der Waals surface area contributed by atoms with Crippen LogP contribution in [0.3, 0.4) is 0 Å². The SMILES string of the molecule is CC1CCC(C)N(C(=O)[C@@H](N)CCc2ccccc2)C1. The van der Waals surface area contributed by atoms with E-state index in [4.69, 9.17) is 5.73 Å². The third-order valence-corrected chi connectivity index (χ3v) is 4.30. The van der Waals surface area contributed by atoms with Gasteiger partial charge in [-0.05, 0) is 44.1 Å². The number of hydrogen-bond donors (Lipinski definition) is 1. The van der Waals surface area contributed by atoms with Crippen molar-refractivity contribution >= 4 is 5.91 Å². The molecule has 0 aromatic heterocycles. The van der Waals surface area contributed by atoms with E-state index >= 15 is 0 Å². The highest BCUT2D eigenvalue weighted by molar-refractivity contribution is 5.82. The molecule has 1 aliphatic heterocycles. The highest BCUT2D eigenvalue weighted by atomic mass is 16.2. The lowest BCUT2D eigenvalue weighted by atomic mass is 9.94. The zero-order valence-electron chi connectivity index (χ0n) is 12.6. The molecule has 1 saturated heterocycles. The molecule has 1 aliphatic rings. The molecular formula is C17H26N2O. The molecule has 0 radical (unpaired) electrons. The van der Waals surface area contributed by atoms with Gasteiger partial charge < -0.3 is 10.6 Å². The Bertz CT molecular complexity index is 432. The normalized spacial score (nSPS) is 24.4. The van der Waals surface area contributed by atoms with E-state index < -0.39 is 0 Å². The highest BCUT2D eigenvalue weighted by Gasteiger charge is 2.29. The van der Waals surface area contributed by atoms with E-state index in [2.05, 4.69) is 26.0 Å². The van der Waals surface area contributed by atoms with Gasteiger partial charge in [0.25, 0.3) is 0 Å². The first kappa shape index (κ1) is 15.0. The number of piperidine rings is 1. The van der Waals surface area contributed by atoms with Crippen LogP contribution in [0.4, 0.5) is 0 Å². The van der Waals surface area contributed by atoms with E-state index in [1.807, 2.05) is 23.1 Å². The van der Waals surface area contributed by atoms with Gasteiger partial charge in [-0.1, -0.05) is 37.3 Å². The van der Waals surface area contributed by atoms with Crippen molar-refractivity contribution in [2.24, 2.45) is 11.7 Å². The number of benzene rings is 1. The Kier molecular flexibility index (Phi) is 5.18. The third-order valence-electron chi connectivity index (χ3n) is 4.30. The molecule has 1 aromatic rings. The summed E-state index contributed by atoms with van der Waals surface area (Å²) in [7, 11) is 0. The molecule has 1 amide bonds. The summed E-state index contributed by atoms with van der Waals surface area (Å²) in [5.41, 5.74) is 7.36. The summed E-state index contributed by atoms with van der Waals surface area (Å²) in [6.07, 6.45) is 3.90. The lowest BCUT2D eigenvalue weighted by Gasteiger charge is -2.38. The molecule has 3 nitrogen and oxygen atoms in total. The molecule has 2 unspecified atom stereocenters. The molecule has 2 rings (SSSR count). The van der Waals surface area contributed by atoms with Gasteiger partial charge in [0.15, 0.2) is 0 Å². The second kappa shape index (κ2) is 6.89. The van der Waals surface area contributed by atoms with Crippen molar-refractivity contribution in [3.63, 3.8) is 0 Å². The lowest BCUT2D eigenvalue weighted by molar-refractivity contribution is -0.137. The van der Waals surface area contributed by atoms with E-state index in [9.17, 15) is 4.79 Å². The minimum Gasteiger partial charge on any atom is -0.338 e. The maximum atomic E-state index is 12.5. The Labute approximate surface area is 122 Å². The molecule has 0 aliphatic carbocycles. The Balaban J connectivity index is 1.88. The predicted molar refractivity (Wildman–Crippen MR) is 82.3 cm³/mol. The number of carbonyl (C=O) groups excluding carboxylic acids is 1. The molecule has 0 saturated carbocycles. The smallest absolute Gasteiger partial charge is 0.239 e. The van der Waals surface area contributed by atoms with Crippen molar-refractivity contribution in [3.8, 4) is 0 Å². The first-order chi connectivity index (χ1) is 9.58. The largest absolute Gasteiger partial charge is 0.338 e. The maximum absolute atomic E-state index is 12.5. The fourth-order valence-corrected chi connectivity index (χ4v) is 2.90. The van der Waals surface area contributed by atoms with E-state index in [-0.39, 0.29) is 11.9 Å². The second-order valence-electron chi connectivity index (χ2n) is 6.15. The quantitative estimate of drug-likeness (QED) is 0.917. The maximum Gasteiger partial charge on any atom is 0.239 e. The van der Waals surface area contributed by atoms with Gasteiger partial charge >= 0.3 is 0 Å². The Morgan fingerprint density at radius 3 is 2.70 bits per heavy atom. The van der Waals surface area contributed by atoms with Crippen LogP contribution in [-0.2, 0) is 11.2 Å². The van der Waals surface area contributed by atoms with Crippen molar-refractivity contribution in [2.75, 3.05) is 6.54 Å². The molecule has 1 heterocycles. The Hall–Kier alpha value is -1.35. The van der Waals surface area contributed by atoms with Gasteiger partial charge in [0, 0.05) is 12.6 Å². The molecule has 3 heteroatoms. The van der Waals surface area contributed by atoms with Crippen molar-refractivity contribution < 1.29 is 4.79 Å². The molecular weight excluding hydrogens is 248 g/mol. The van der Waals surface area contributed by atoms with E-state index in [1.165, 1.54) is 12.0 Å². The fraction of sp³-hybridized carbons (Fsp3) is 0.588. The summed E-state index contributed by atoms with van der Waals surface area (Å²) < 4.78 is 0. The van der Waals surface area contributed by atoms with Crippen molar-refractivity contribution in [3.05, 3.63) is 35.9 Å². The van der Waals surface area contributed by atoms with Crippen LogP contribution in [-0.4, -0.2) is 29.4 Å². The highest BCUT2D eigenvalue weighted by Crippen LogP contribution is 2.22. The van der Waals surface area contributed by atoms with Crippen LogP contribution in [0.1, 0.15) is 38.7 Å². The van der Waals surface area contributed by atoms with Crippen LogP contribution in [0.15, 0.2) is 30.3 Å². The van der Waals surface area contributed by atoms with Crippen LogP contribution in [0.5, 0.6) is 0 Å². The molecule has 0 spiro atoms. The standard InChI is InChI=1S/C17H26N2O/c1-13-8-9-14(2)19(12-13)17(20)16(18)11-10-15-6-4-3-5-7-15/h3-7,13-14,16H,8-12,18H2,1-2H3/t13?,14?,16-/m0/s1. The number of aryl methyl sites for hydroxylation is 1. The third kappa shape index (κ3) is 3.83. The predicted octanol–water partition coefficient (Wildman–Crippen LogP) is 2.59. The number of carbonyl (C=O) groups is 1. The fourth-order valence-electron chi connectivity index (χ4n) is 2.90. The molecule has 2 N–H and O–H groups in total. The first-order valence-corrected chi connectivity index (χ1v) is 7.68. The van der Waals surface area contributed by atoms with Crippen molar-refractivity contribution in [1.29, 1.82) is 0 Å². The first-order valence-electron chi connectivity index (χ1n) is 7.68. The van der Waals surface area contributed by atoms with Crippen LogP contribution >= 0.6 is 0 Å². The summed E-state index contributed by atoms with van der Waals surface area (Å²) >= 11 is 0. The minimum absolute atomic E-state index is 0.125. The van der Waals surface area contributed by atoms with Gasteiger partial charge in [-0.3, -0.25) is 4.79 Å². The summed E-state index contributed by atoms with van der Waals surface area (Å²) in [6, 6.07) is 10.2. The average molecular weight is 274 g/mol. The zero-order valence-corrected chi connectivity index (χ0v) is 12.6. The molecule has 3 atom stereocenters. The topological polar surface area (TPSA) is 46.3 Å². The van der Waals surface area contributed by atoms with Crippen molar-refractivity contribution in [2.45, 2.75) is 51.6 Å². The summed E-state index contributed by atoms with van der Waals surface area (Å²) in [6.45, 7) is 5.20. The zero-order chi connectivity index (χ0) is 14.5. The van der Waals surface area contributed by atoms with Gasteiger partial charge in [-0.2, -0.15) is 0 Å². The summed E-state index contributed by atoms with van der Waals surface area (Å²) in [4.78, 5) is 14.5. The van der Waals surface area contributed by atoms with Gasteiger partial charge in [0.2, 0.25) is 5.91 Å². The van der Waals surface area contributed by atoms with Gasteiger partial charge in [-0.25, -0.2) is 0 Å². The Morgan fingerprint density at radius 2 is 2.00 bits per heavy atom. The Morgan fingerprint density at radius 1 is 1.30 bits per heavy atom. The number of amides is 1. The average Bonchev–Trinajstić information content (AvgIpc) is 2.47. The van der Waals surface area contributed by atoms with Crippen LogP contribution in [0, 0.1) is 5.92 Å². The van der Waals surface area contributed by atoms with Gasteiger partial charge in [-0.15, -0.1) is 0 Å². The van der Waals surface area contributed by atoms with E-state index in [1.54, 1.807) is 0 Å². The molecule has 0 bridgehead atoms.